The normalized spacial score (nSPS) is 22.5. The highest BCUT2D eigenvalue weighted by Gasteiger charge is 2.34. The topological polar surface area (TPSA) is 84.9 Å². The Hall–Kier alpha value is -1.29. The van der Waals surface area contributed by atoms with Crippen LogP contribution in [-0.4, -0.2) is 72.5 Å². The highest BCUT2D eigenvalue weighted by molar-refractivity contribution is 7.86. The zero-order valence-electron chi connectivity index (χ0n) is 12.3. The second-order valence-corrected chi connectivity index (χ2v) is 7.21. The van der Waals surface area contributed by atoms with Crippen molar-refractivity contribution in [3.05, 3.63) is 18.6 Å². The second-order valence-electron chi connectivity index (χ2n) is 5.28. The molecule has 0 unspecified atom stereocenters. The molecular weight excluding hydrogens is 308 g/mol. The highest BCUT2D eigenvalue weighted by atomic mass is 32.2. The van der Waals surface area contributed by atoms with Gasteiger partial charge in [0, 0.05) is 38.4 Å². The van der Waals surface area contributed by atoms with Crippen LogP contribution in [0.15, 0.2) is 18.6 Å². The second kappa shape index (κ2) is 6.86. The summed E-state index contributed by atoms with van der Waals surface area (Å²) in [5, 5.41) is 0. The van der Waals surface area contributed by atoms with E-state index in [-0.39, 0.29) is 6.10 Å². The molecule has 2 fully saturated rings. The van der Waals surface area contributed by atoms with Crippen LogP contribution in [0.3, 0.4) is 0 Å². The molecule has 0 bridgehead atoms. The number of piperidine rings is 1. The first-order valence-electron chi connectivity index (χ1n) is 7.42. The number of nitrogens with zero attached hydrogens (tertiary/aromatic N) is 4. The van der Waals surface area contributed by atoms with Crippen molar-refractivity contribution in [2.45, 2.75) is 18.9 Å². The van der Waals surface area contributed by atoms with Crippen LogP contribution < -0.4 is 4.74 Å². The van der Waals surface area contributed by atoms with Crippen LogP contribution in [0.2, 0.25) is 0 Å². The van der Waals surface area contributed by atoms with Crippen LogP contribution in [-0.2, 0) is 14.9 Å². The van der Waals surface area contributed by atoms with Gasteiger partial charge in [0.1, 0.15) is 12.4 Å². The molecule has 1 aromatic heterocycles. The van der Waals surface area contributed by atoms with Crippen molar-refractivity contribution in [1.29, 1.82) is 0 Å². The maximum Gasteiger partial charge on any atom is 0.282 e. The molecule has 0 atom stereocenters. The largest absolute Gasteiger partial charge is 0.474 e. The van der Waals surface area contributed by atoms with E-state index in [1.165, 1.54) is 14.9 Å². The summed E-state index contributed by atoms with van der Waals surface area (Å²) in [6, 6.07) is 1.71. The van der Waals surface area contributed by atoms with E-state index in [9.17, 15) is 8.42 Å². The zero-order chi connectivity index (χ0) is 15.4. The van der Waals surface area contributed by atoms with Crippen molar-refractivity contribution >= 4 is 10.2 Å². The third-order valence-corrected chi connectivity index (χ3v) is 5.90. The van der Waals surface area contributed by atoms with Gasteiger partial charge >= 0.3 is 0 Å². The first-order valence-corrected chi connectivity index (χ1v) is 8.81. The van der Waals surface area contributed by atoms with Crippen LogP contribution in [0.5, 0.6) is 5.88 Å². The Labute approximate surface area is 130 Å². The van der Waals surface area contributed by atoms with E-state index in [2.05, 4.69) is 9.97 Å². The number of hydrogen-bond donors (Lipinski definition) is 0. The Balaban J connectivity index is 1.54. The summed E-state index contributed by atoms with van der Waals surface area (Å²) in [7, 11) is -3.38. The Morgan fingerprint density at radius 3 is 2.45 bits per heavy atom. The van der Waals surface area contributed by atoms with Crippen molar-refractivity contribution in [3.63, 3.8) is 0 Å². The monoisotopic (exact) mass is 328 g/mol. The lowest BCUT2D eigenvalue weighted by Gasteiger charge is -2.35. The smallest absolute Gasteiger partial charge is 0.282 e. The van der Waals surface area contributed by atoms with Crippen LogP contribution >= 0.6 is 0 Å². The van der Waals surface area contributed by atoms with E-state index < -0.39 is 10.2 Å². The van der Waals surface area contributed by atoms with Crippen molar-refractivity contribution in [2.75, 3.05) is 39.4 Å². The fraction of sp³-hybridized carbons (Fsp3) is 0.692. The molecule has 0 spiro atoms. The molecule has 0 aromatic carbocycles. The molecule has 0 saturated carbocycles. The summed E-state index contributed by atoms with van der Waals surface area (Å²) < 4.78 is 39.1. The maximum atomic E-state index is 12.5. The van der Waals surface area contributed by atoms with Gasteiger partial charge in [0.2, 0.25) is 5.88 Å². The SMILES string of the molecule is O=S(=O)(N1CCOCC1)N1CCC(Oc2ccncn2)CC1. The van der Waals surface area contributed by atoms with Gasteiger partial charge in [-0.05, 0) is 12.8 Å². The summed E-state index contributed by atoms with van der Waals surface area (Å²) in [6.45, 7) is 2.73. The molecule has 0 amide bonds. The molecule has 2 saturated heterocycles. The molecular formula is C13H20N4O4S. The molecule has 1 aromatic rings. The van der Waals surface area contributed by atoms with Gasteiger partial charge in [0.25, 0.3) is 10.2 Å². The van der Waals surface area contributed by atoms with Crippen molar-refractivity contribution in [1.82, 2.24) is 18.6 Å². The van der Waals surface area contributed by atoms with E-state index in [0.717, 1.165) is 0 Å². The molecule has 9 heteroatoms. The average molecular weight is 328 g/mol. The lowest BCUT2D eigenvalue weighted by molar-refractivity contribution is 0.0675. The average Bonchev–Trinajstić information content (AvgIpc) is 2.57. The molecule has 0 N–H and O–H groups in total. The van der Waals surface area contributed by atoms with Gasteiger partial charge in [0.15, 0.2) is 0 Å². The van der Waals surface area contributed by atoms with Crippen LogP contribution in [0.25, 0.3) is 0 Å². The molecule has 122 valence electrons. The fourth-order valence-electron chi connectivity index (χ4n) is 2.64. The first-order chi connectivity index (χ1) is 10.7. The Bertz CT molecular complexity index is 569. The molecule has 0 aliphatic carbocycles. The number of ether oxygens (including phenoxy) is 2. The van der Waals surface area contributed by atoms with Crippen molar-refractivity contribution in [2.24, 2.45) is 0 Å². The minimum atomic E-state index is -3.38. The quantitative estimate of drug-likeness (QED) is 0.767. The van der Waals surface area contributed by atoms with E-state index in [1.807, 2.05) is 0 Å². The lowest BCUT2D eigenvalue weighted by Crippen LogP contribution is -2.51. The Morgan fingerprint density at radius 1 is 1.14 bits per heavy atom. The minimum Gasteiger partial charge on any atom is -0.474 e. The van der Waals surface area contributed by atoms with E-state index >= 15 is 0 Å². The van der Waals surface area contributed by atoms with Crippen LogP contribution in [0.4, 0.5) is 0 Å². The minimum absolute atomic E-state index is 0.00830. The number of aromatic nitrogens is 2. The fourth-order valence-corrected chi connectivity index (χ4v) is 4.25. The molecule has 2 aliphatic rings. The standard InChI is InChI=1S/C13H20N4O4S/c18-22(19,17-7-9-20-10-8-17)16-5-2-12(3-6-16)21-13-1-4-14-11-15-13/h1,4,11-12H,2-3,5-10H2. The van der Waals surface area contributed by atoms with Gasteiger partial charge < -0.3 is 9.47 Å². The van der Waals surface area contributed by atoms with Crippen LogP contribution in [0, 0.1) is 0 Å². The number of rotatable bonds is 4. The predicted molar refractivity (Wildman–Crippen MR) is 78.6 cm³/mol. The maximum absolute atomic E-state index is 12.5. The Morgan fingerprint density at radius 2 is 1.82 bits per heavy atom. The first kappa shape index (κ1) is 15.6. The van der Waals surface area contributed by atoms with Gasteiger partial charge in [-0.15, -0.1) is 0 Å². The van der Waals surface area contributed by atoms with E-state index in [4.69, 9.17) is 9.47 Å². The van der Waals surface area contributed by atoms with Crippen molar-refractivity contribution < 1.29 is 17.9 Å². The van der Waals surface area contributed by atoms with Gasteiger partial charge in [-0.25, -0.2) is 9.97 Å². The van der Waals surface area contributed by atoms with E-state index in [0.29, 0.717) is 58.1 Å². The third-order valence-electron chi connectivity index (χ3n) is 3.87. The summed E-state index contributed by atoms with van der Waals surface area (Å²) in [5.41, 5.74) is 0. The Kier molecular flexibility index (Phi) is 4.87. The van der Waals surface area contributed by atoms with E-state index in [1.54, 1.807) is 12.3 Å². The number of hydrogen-bond acceptors (Lipinski definition) is 6. The van der Waals surface area contributed by atoms with Crippen molar-refractivity contribution in [3.8, 4) is 5.88 Å². The molecule has 0 radical (unpaired) electrons. The van der Waals surface area contributed by atoms with Gasteiger partial charge in [0.05, 0.1) is 13.2 Å². The summed E-state index contributed by atoms with van der Waals surface area (Å²) in [5.74, 6) is 0.532. The highest BCUT2D eigenvalue weighted by Crippen LogP contribution is 2.20. The van der Waals surface area contributed by atoms with Gasteiger partial charge in [-0.3, -0.25) is 0 Å². The summed E-state index contributed by atoms with van der Waals surface area (Å²) in [6.07, 6.45) is 4.38. The van der Waals surface area contributed by atoms with Crippen LogP contribution in [0.1, 0.15) is 12.8 Å². The van der Waals surface area contributed by atoms with Gasteiger partial charge in [-0.2, -0.15) is 17.0 Å². The summed E-state index contributed by atoms with van der Waals surface area (Å²) in [4.78, 5) is 7.87. The van der Waals surface area contributed by atoms with Gasteiger partial charge in [-0.1, -0.05) is 0 Å². The lowest BCUT2D eigenvalue weighted by atomic mass is 10.1. The molecule has 3 rings (SSSR count). The molecule has 8 nitrogen and oxygen atoms in total. The molecule has 22 heavy (non-hydrogen) atoms. The third kappa shape index (κ3) is 3.54. The predicted octanol–water partition coefficient (Wildman–Crippen LogP) is -0.103. The zero-order valence-corrected chi connectivity index (χ0v) is 13.1. The summed E-state index contributed by atoms with van der Waals surface area (Å²) >= 11 is 0. The molecule has 2 aliphatic heterocycles. The number of morpholine rings is 1. The molecule has 3 heterocycles.